The lowest BCUT2D eigenvalue weighted by Gasteiger charge is -2.17. The van der Waals surface area contributed by atoms with E-state index in [1.54, 1.807) is 6.92 Å². The first-order chi connectivity index (χ1) is 9.97. The molecule has 0 spiro atoms. The van der Waals surface area contributed by atoms with Gasteiger partial charge in [-0.3, -0.25) is 4.79 Å². The van der Waals surface area contributed by atoms with Crippen LogP contribution >= 0.6 is 11.6 Å². The molecule has 116 valence electrons. The van der Waals surface area contributed by atoms with Gasteiger partial charge < -0.3 is 14.8 Å². The minimum absolute atomic E-state index is 0.129. The van der Waals surface area contributed by atoms with Crippen LogP contribution in [0.3, 0.4) is 0 Å². The van der Waals surface area contributed by atoms with Gasteiger partial charge in [0.15, 0.2) is 6.10 Å². The molecule has 1 aliphatic rings. The van der Waals surface area contributed by atoms with Crippen molar-refractivity contribution in [3.8, 4) is 5.75 Å². The van der Waals surface area contributed by atoms with Gasteiger partial charge in [-0.05, 0) is 56.9 Å². The zero-order chi connectivity index (χ0) is 15.4. The van der Waals surface area contributed by atoms with E-state index in [1.165, 1.54) is 0 Å². The fourth-order valence-electron chi connectivity index (χ4n) is 2.40. The second-order valence-corrected chi connectivity index (χ2v) is 5.89. The van der Waals surface area contributed by atoms with Gasteiger partial charge in [-0.25, -0.2) is 0 Å². The van der Waals surface area contributed by atoms with Crippen LogP contribution in [0.2, 0.25) is 5.02 Å². The summed E-state index contributed by atoms with van der Waals surface area (Å²) in [4.78, 5) is 12.0. The van der Waals surface area contributed by atoms with E-state index in [2.05, 4.69) is 5.32 Å². The van der Waals surface area contributed by atoms with Crippen molar-refractivity contribution >= 4 is 17.5 Å². The van der Waals surface area contributed by atoms with Crippen molar-refractivity contribution in [1.82, 2.24) is 5.32 Å². The summed E-state index contributed by atoms with van der Waals surface area (Å²) in [6.45, 7) is 6.92. The topological polar surface area (TPSA) is 47.6 Å². The molecule has 0 radical (unpaired) electrons. The van der Waals surface area contributed by atoms with Crippen LogP contribution in [-0.4, -0.2) is 31.3 Å². The molecule has 4 nitrogen and oxygen atoms in total. The fraction of sp³-hybridized carbons (Fsp3) is 0.562. The SMILES string of the molecule is Cc1cc(O[C@H](C)C(=O)NC[C@H]2CCCO2)cc(C)c1Cl. The summed E-state index contributed by atoms with van der Waals surface area (Å²) in [6.07, 6.45) is 1.66. The molecule has 2 atom stereocenters. The highest BCUT2D eigenvalue weighted by Gasteiger charge is 2.19. The Balaban J connectivity index is 1.87. The number of nitrogens with one attached hydrogen (secondary N) is 1. The summed E-state index contributed by atoms with van der Waals surface area (Å²) < 4.78 is 11.2. The number of aryl methyl sites for hydroxylation is 2. The molecule has 21 heavy (non-hydrogen) atoms. The molecule has 0 bridgehead atoms. The maximum atomic E-state index is 12.0. The van der Waals surface area contributed by atoms with Gasteiger partial charge in [-0.1, -0.05) is 11.6 Å². The van der Waals surface area contributed by atoms with Crippen molar-refractivity contribution < 1.29 is 14.3 Å². The number of hydrogen-bond acceptors (Lipinski definition) is 3. The molecule has 0 aliphatic carbocycles. The van der Waals surface area contributed by atoms with Gasteiger partial charge in [0.2, 0.25) is 0 Å². The predicted molar refractivity (Wildman–Crippen MR) is 83.0 cm³/mol. The minimum atomic E-state index is -0.550. The van der Waals surface area contributed by atoms with Gasteiger partial charge in [0.05, 0.1) is 6.10 Å². The quantitative estimate of drug-likeness (QED) is 0.909. The molecule has 0 aromatic heterocycles. The number of carbonyl (C=O) groups is 1. The third-order valence-corrected chi connectivity index (χ3v) is 4.22. The Morgan fingerprint density at radius 3 is 2.71 bits per heavy atom. The van der Waals surface area contributed by atoms with Crippen LogP contribution in [0.5, 0.6) is 5.75 Å². The summed E-state index contributed by atoms with van der Waals surface area (Å²) in [5.74, 6) is 0.532. The molecular weight excluding hydrogens is 290 g/mol. The molecule has 1 aromatic carbocycles. The maximum Gasteiger partial charge on any atom is 0.260 e. The molecule has 1 aromatic rings. The standard InChI is InChI=1S/C16H22ClNO3/c1-10-7-14(8-11(2)15(10)17)21-12(3)16(19)18-9-13-5-4-6-20-13/h7-8,12-13H,4-6,9H2,1-3H3,(H,18,19)/t12-,13-/m1/s1. The van der Waals surface area contributed by atoms with E-state index in [-0.39, 0.29) is 12.0 Å². The van der Waals surface area contributed by atoms with Crippen molar-refractivity contribution in [2.45, 2.75) is 45.8 Å². The van der Waals surface area contributed by atoms with Crippen LogP contribution in [0, 0.1) is 13.8 Å². The maximum absolute atomic E-state index is 12.0. The fourth-order valence-corrected chi connectivity index (χ4v) is 2.50. The lowest BCUT2D eigenvalue weighted by molar-refractivity contribution is -0.127. The Labute approximate surface area is 130 Å². The smallest absolute Gasteiger partial charge is 0.260 e. The number of rotatable bonds is 5. The van der Waals surface area contributed by atoms with E-state index in [0.717, 1.165) is 35.6 Å². The summed E-state index contributed by atoms with van der Waals surface area (Å²) in [5, 5.41) is 3.60. The number of halogens is 1. The largest absolute Gasteiger partial charge is 0.481 e. The van der Waals surface area contributed by atoms with E-state index in [9.17, 15) is 4.79 Å². The van der Waals surface area contributed by atoms with Gasteiger partial charge in [0.1, 0.15) is 5.75 Å². The molecule has 1 N–H and O–H groups in total. The second kappa shape index (κ2) is 7.14. The molecule has 0 saturated carbocycles. The Bertz CT molecular complexity index is 489. The number of ether oxygens (including phenoxy) is 2. The average molecular weight is 312 g/mol. The predicted octanol–water partition coefficient (Wildman–Crippen LogP) is 3.02. The molecule has 1 fully saturated rings. The number of hydrogen-bond donors (Lipinski definition) is 1. The van der Waals surface area contributed by atoms with E-state index < -0.39 is 6.10 Å². The highest BCUT2D eigenvalue weighted by atomic mass is 35.5. The van der Waals surface area contributed by atoms with Crippen LogP contribution in [0.15, 0.2) is 12.1 Å². The van der Waals surface area contributed by atoms with Crippen molar-refractivity contribution in [3.63, 3.8) is 0 Å². The van der Waals surface area contributed by atoms with Gasteiger partial charge in [0.25, 0.3) is 5.91 Å². The Morgan fingerprint density at radius 2 is 2.14 bits per heavy atom. The minimum Gasteiger partial charge on any atom is -0.481 e. The van der Waals surface area contributed by atoms with Gasteiger partial charge >= 0.3 is 0 Å². The molecule has 1 saturated heterocycles. The summed E-state index contributed by atoms with van der Waals surface area (Å²) in [5.41, 5.74) is 1.89. The Hall–Kier alpha value is -1.26. The van der Waals surface area contributed by atoms with Gasteiger partial charge in [0, 0.05) is 18.2 Å². The van der Waals surface area contributed by atoms with Crippen LogP contribution < -0.4 is 10.1 Å². The van der Waals surface area contributed by atoms with Crippen LogP contribution in [-0.2, 0) is 9.53 Å². The molecule has 0 unspecified atom stereocenters. The van der Waals surface area contributed by atoms with Crippen LogP contribution in [0.4, 0.5) is 0 Å². The molecular formula is C16H22ClNO3. The first-order valence-electron chi connectivity index (χ1n) is 7.30. The zero-order valence-corrected chi connectivity index (χ0v) is 13.5. The molecule has 1 aliphatic heterocycles. The van der Waals surface area contributed by atoms with Crippen molar-refractivity contribution in [3.05, 3.63) is 28.3 Å². The van der Waals surface area contributed by atoms with Gasteiger partial charge in [-0.15, -0.1) is 0 Å². The lowest BCUT2D eigenvalue weighted by atomic mass is 10.1. The summed E-state index contributed by atoms with van der Waals surface area (Å²) >= 11 is 6.12. The Morgan fingerprint density at radius 1 is 1.48 bits per heavy atom. The first-order valence-corrected chi connectivity index (χ1v) is 7.68. The summed E-state index contributed by atoms with van der Waals surface area (Å²) in [6, 6.07) is 3.69. The monoisotopic (exact) mass is 311 g/mol. The zero-order valence-electron chi connectivity index (χ0n) is 12.7. The molecule has 1 amide bonds. The third-order valence-electron chi connectivity index (χ3n) is 3.62. The third kappa shape index (κ3) is 4.35. The second-order valence-electron chi connectivity index (χ2n) is 5.51. The molecule has 1 heterocycles. The van der Waals surface area contributed by atoms with E-state index in [4.69, 9.17) is 21.1 Å². The number of benzene rings is 1. The Kier molecular flexibility index (Phi) is 5.48. The van der Waals surface area contributed by atoms with E-state index >= 15 is 0 Å². The first kappa shape index (κ1) is 16.1. The highest BCUT2D eigenvalue weighted by Crippen LogP contribution is 2.26. The van der Waals surface area contributed by atoms with Crippen molar-refractivity contribution in [2.75, 3.05) is 13.2 Å². The highest BCUT2D eigenvalue weighted by molar-refractivity contribution is 6.32. The van der Waals surface area contributed by atoms with Crippen LogP contribution in [0.1, 0.15) is 30.9 Å². The molecule has 5 heteroatoms. The van der Waals surface area contributed by atoms with E-state index in [0.29, 0.717) is 12.3 Å². The van der Waals surface area contributed by atoms with Crippen molar-refractivity contribution in [1.29, 1.82) is 0 Å². The van der Waals surface area contributed by atoms with Gasteiger partial charge in [-0.2, -0.15) is 0 Å². The van der Waals surface area contributed by atoms with E-state index in [1.807, 2.05) is 26.0 Å². The lowest BCUT2D eigenvalue weighted by Crippen LogP contribution is -2.40. The normalized spacial score (nSPS) is 19.3. The van der Waals surface area contributed by atoms with Crippen molar-refractivity contribution in [2.24, 2.45) is 0 Å². The van der Waals surface area contributed by atoms with Crippen LogP contribution in [0.25, 0.3) is 0 Å². The summed E-state index contributed by atoms with van der Waals surface area (Å²) in [7, 11) is 0. The number of carbonyl (C=O) groups excluding carboxylic acids is 1. The molecule has 2 rings (SSSR count). The number of amides is 1. The average Bonchev–Trinajstić information content (AvgIpc) is 2.95.